The van der Waals surface area contributed by atoms with Crippen LogP contribution in [-0.2, 0) is 14.3 Å². The highest BCUT2D eigenvalue weighted by molar-refractivity contribution is 6.06. The van der Waals surface area contributed by atoms with E-state index in [1.165, 1.54) is 7.11 Å². The lowest BCUT2D eigenvalue weighted by Gasteiger charge is -2.30. The first-order chi connectivity index (χ1) is 13.4. The molecule has 0 unspecified atom stereocenters. The molecular weight excluding hydrogens is 360 g/mol. The molecule has 0 aliphatic carbocycles. The maximum Gasteiger partial charge on any atom is 0.341 e. The van der Waals surface area contributed by atoms with Gasteiger partial charge in [0.25, 0.3) is 0 Å². The number of aromatic nitrogens is 1. The van der Waals surface area contributed by atoms with E-state index < -0.39 is 5.97 Å². The number of amides is 2. The number of benzene rings is 1. The lowest BCUT2D eigenvalue weighted by atomic mass is 10.1. The zero-order valence-electron chi connectivity index (χ0n) is 16.0. The summed E-state index contributed by atoms with van der Waals surface area (Å²) in [5, 5.41) is 2.83. The first-order valence-corrected chi connectivity index (χ1v) is 8.87. The van der Waals surface area contributed by atoms with E-state index in [0.717, 1.165) is 0 Å². The Bertz CT molecular complexity index is 915. The number of rotatable bonds is 4. The summed E-state index contributed by atoms with van der Waals surface area (Å²) in [7, 11) is 2.98. The second kappa shape index (κ2) is 8.08. The Morgan fingerprint density at radius 2 is 2.04 bits per heavy atom. The number of nitrogens with one attached hydrogen (secondary N) is 1. The van der Waals surface area contributed by atoms with Gasteiger partial charge in [0.15, 0.2) is 0 Å². The van der Waals surface area contributed by atoms with Crippen molar-refractivity contribution in [3.63, 3.8) is 0 Å². The smallest absolute Gasteiger partial charge is 0.341 e. The van der Waals surface area contributed by atoms with Crippen molar-refractivity contribution in [1.82, 2.24) is 4.98 Å². The van der Waals surface area contributed by atoms with Crippen LogP contribution in [0.4, 0.5) is 17.2 Å². The van der Waals surface area contributed by atoms with E-state index in [1.54, 1.807) is 53.4 Å². The van der Waals surface area contributed by atoms with Gasteiger partial charge in [0, 0.05) is 25.7 Å². The van der Waals surface area contributed by atoms with Crippen LogP contribution in [0.5, 0.6) is 0 Å². The number of carbonyl (C=O) groups is 3. The van der Waals surface area contributed by atoms with Crippen LogP contribution < -0.4 is 15.1 Å². The fourth-order valence-corrected chi connectivity index (χ4v) is 3.29. The number of hydrogen-bond acceptors (Lipinski definition) is 6. The van der Waals surface area contributed by atoms with Gasteiger partial charge in [-0.25, -0.2) is 9.78 Å². The summed E-state index contributed by atoms with van der Waals surface area (Å²) in [6.07, 6.45) is 1.75. The molecule has 1 N–H and O–H groups in total. The number of ether oxygens (including phenoxy) is 1. The summed E-state index contributed by atoms with van der Waals surface area (Å²) in [4.78, 5) is 44.7. The molecule has 1 aliphatic heterocycles. The molecular formula is C20H22N4O4. The van der Waals surface area contributed by atoms with Gasteiger partial charge in [0.1, 0.15) is 11.4 Å². The van der Waals surface area contributed by atoms with Crippen LogP contribution in [0, 0.1) is 0 Å². The number of para-hydroxylation sites is 2. The zero-order valence-corrected chi connectivity index (χ0v) is 16.0. The van der Waals surface area contributed by atoms with Gasteiger partial charge in [-0.05, 0) is 31.2 Å². The normalized spacial score (nSPS) is 15.9. The second-order valence-corrected chi connectivity index (χ2v) is 6.60. The molecule has 0 bridgehead atoms. The van der Waals surface area contributed by atoms with Gasteiger partial charge in [-0.3, -0.25) is 9.59 Å². The van der Waals surface area contributed by atoms with Crippen LogP contribution >= 0.6 is 0 Å². The van der Waals surface area contributed by atoms with E-state index in [2.05, 4.69) is 10.3 Å². The summed E-state index contributed by atoms with van der Waals surface area (Å²) < 4.78 is 4.79. The zero-order chi connectivity index (χ0) is 20.3. The summed E-state index contributed by atoms with van der Waals surface area (Å²) in [6, 6.07) is 10.1. The fourth-order valence-electron chi connectivity index (χ4n) is 3.29. The Morgan fingerprint density at radius 1 is 1.29 bits per heavy atom. The van der Waals surface area contributed by atoms with E-state index in [9.17, 15) is 14.4 Å². The van der Waals surface area contributed by atoms with Gasteiger partial charge in [0.2, 0.25) is 11.8 Å². The van der Waals surface area contributed by atoms with E-state index in [0.29, 0.717) is 17.2 Å². The number of hydrogen-bond donors (Lipinski definition) is 1. The summed E-state index contributed by atoms with van der Waals surface area (Å²) in [5.41, 5.74) is 1.52. The summed E-state index contributed by atoms with van der Waals surface area (Å²) in [5.74, 6) is -0.514. The molecule has 0 spiro atoms. The molecule has 2 heterocycles. The molecule has 0 fully saturated rings. The molecule has 0 radical (unpaired) electrons. The Morgan fingerprint density at radius 3 is 2.79 bits per heavy atom. The number of carbonyl (C=O) groups excluding carboxylic acids is 3. The first kappa shape index (κ1) is 19.3. The number of esters is 1. The molecule has 1 aromatic heterocycles. The number of fused-ring (bicyclic) bond motifs is 1. The van der Waals surface area contributed by atoms with Crippen molar-refractivity contribution in [2.24, 2.45) is 0 Å². The minimum Gasteiger partial charge on any atom is -0.465 e. The molecule has 8 nitrogen and oxygen atoms in total. The standard InChI is InChI=1S/C20H22N4O4/c1-13-11-17(25)22-15-8-4-5-9-16(15)24(13)18(26)12-23(2)19-14(20(27)28-3)7-6-10-21-19/h4-10,13H,11-12H2,1-3H3,(H,22,25)/t13-/m0/s1. The molecule has 28 heavy (non-hydrogen) atoms. The maximum absolute atomic E-state index is 13.2. The van der Waals surface area contributed by atoms with Gasteiger partial charge in [-0.2, -0.15) is 0 Å². The number of nitrogens with zero attached hydrogens (tertiary/aromatic N) is 3. The fraction of sp³-hybridized carbons (Fsp3) is 0.300. The molecule has 146 valence electrons. The number of pyridine rings is 1. The second-order valence-electron chi connectivity index (χ2n) is 6.60. The minimum atomic E-state index is -0.523. The van der Waals surface area contributed by atoms with Crippen LogP contribution in [0.25, 0.3) is 0 Å². The quantitative estimate of drug-likeness (QED) is 0.814. The lowest BCUT2D eigenvalue weighted by Crippen LogP contribution is -2.44. The van der Waals surface area contributed by atoms with E-state index in [-0.39, 0.29) is 36.4 Å². The number of anilines is 3. The van der Waals surface area contributed by atoms with Crippen molar-refractivity contribution in [1.29, 1.82) is 0 Å². The maximum atomic E-state index is 13.2. The molecule has 0 saturated heterocycles. The number of methoxy groups -OCH3 is 1. The molecule has 1 atom stereocenters. The predicted molar refractivity (Wildman–Crippen MR) is 105 cm³/mol. The van der Waals surface area contributed by atoms with Crippen molar-refractivity contribution in [3.05, 3.63) is 48.2 Å². The summed E-state index contributed by atoms with van der Waals surface area (Å²) >= 11 is 0. The Kier molecular flexibility index (Phi) is 5.58. The topological polar surface area (TPSA) is 91.8 Å². The van der Waals surface area contributed by atoms with Gasteiger partial charge in [-0.15, -0.1) is 0 Å². The van der Waals surface area contributed by atoms with E-state index in [4.69, 9.17) is 4.74 Å². The van der Waals surface area contributed by atoms with Crippen LogP contribution in [0.3, 0.4) is 0 Å². The molecule has 2 aromatic rings. The highest BCUT2D eigenvalue weighted by Crippen LogP contribution is 2.31. The Labute approximate surface area is 163 Å². The lowest BCUT2D eigenvalue weighted by molar-refractivity contribution is -0.118. The molecule has 0 saturated carbocycles. The average Bonchev–Trinajstić information content (AvgIpc) is 2.81. The van der Waals surface area contributed by atoms with E-state index in [1.807, 2.05) is 13.0 Å². The highest BCUT2D eigenvalue weighted by Gasteiger charge is 2.30. The van der Waals surface area contributed by atoms with Gasteiger partial charge in [0.05, 0.1) is 25.0 Å². The Balaban J connectivity index is 1.89. The molecule has 1 aromatic carbocycles. The van der Waals surface area contributed by atoms with Crippen molar-refractivity contribution in [3.8, 4) is 0 Å². The van der Waals surface area contributed by atoms with Gasteiger partial charge >= 0.3 is 5.97 Å². The van der Waals surface area contributed by atoms with Crippen molar-refractivity contribution in [2.45, 2.75) is 19.4 Å². The summed E-state index contributed by atoms with van der Waals surface area (Å²) in [6.45, 7) is 1.81. The molecule has 8 heteroatoms. The van der Waals surface area contributed by atoms with Crippen molar-refractivity contribution >= 4 is 35.0 Å². The van der Waals surface area contributed by atoms with Crippen molar-refractivity contribution in [2.75, 3.05) is 35.8 Å². The SMILES string of the molecule is COC(=O)c1cccnc1N(C)CC(=O)N1c2ccccc2NC(=O)C[C@@H]1C. The third-order valence-electron chi connectivity index (χ3n) is 4.55. The van der Waals surface area contributed by atoms with Crippen LogP contribution in [0.15, 0.2) is 42.6 Å². The Hall–Kier alpha value is -3.42. The van der Waals surface area contributed by atoms with Crippen molar-refractivity contribution < 1.29 is 19.1 Å². The van der Waals surface area contributed by atoms with Gasteiger partial charge < -0.3 is 19.9 Å². The molecule has 1 aliphatic rings. The van der Waals surface area contributed by atoms with Crippen LogP contribution in [0.2, 0.25) is 0 Å². The predicted octanol–water partition coefficient (Wildman–Crippen LogP) is 2.07. The van der Waals surface area contributed by atoms with Gasteiger partial charge in [-0.1, -0.05) is 12.1 Å². The third kappa shape index (κ3) is 3.80. The molecule has 2 amide bonds. The first-order valence-electron chi connectivity index (χ1n) is 8.87. The third-order valence-corrected chi connectivity index (χ3v) is 4.55. The van der Waals surface area contributed by atoms with Crippen LogP contribution in [-0.4, -0.2) is 49.5 Å². The largest absolute Gasteiger partial charge is 0.465 e. The number of likely N-dealkylation sites (N-methyl/N-ethyl adjacent to an activating group) is 1. The van der Waals surface area contributed by atoms with Crippen LogP contribution in [0.1, 0.15) is 23.7 Å². The minimum absolute atomic E-state index is 0.0200. The highest BCUT2D eigenvalue weighted by atomic mass is 16.5. The average molecular weight is 382 g/mol. The van der Waals surface area contributed by atoms with E-state index >= 15 is 0 Å². The molecule has 3 rings (SSSR count). The monoisotopic (exact) mass is 382 g/mol.